The average molecular weight is 379 g/mol. The molecule has 0 bridgehead atoms. The van der Waals surface area contributed by atoms with Gasteiger partial charge in [0, 0.05) is 11.5 Å². The summed E-state index contributed by atoms with van der Waals surface area (Å²) >= 11 is 2.25. The summed E-state index contributed by atoms with van der Waals surface area (Å²) in [5, 5.41) is 0. The van der Waals surface area contributed by atoms with E-state index in [1.807, 2.05) is 18.2 Å². The summed E-state index contributed by atoms with van der Waals surface area (Å²) in [6.07, 6.45) is 6.27. The van der Waals surface area contributed by atoms with E-state index < -0.39 is 0 Å². The lowest BCUT2D eigenvalue weighted by atomic mass is 9.88. The predicted octanol–water partition coefficient (Wildman–Crippen LogP) is 4.38. The van der Waals surface area contributed by atoms with Gasteiger partial charge in [-0.3, -0.25) is 0 Å². The smallest absolute Gasteiger partial charge is 0.141 e. The van der Waals surface area contributed by atoms with Gasteiger partial charge in [-0.1, -0.05) is 49.6 Å². The lowest BCUT2D eigenvalue weighted by Gasteiger charge is -2.21. The van der Waals surface area contributed by atoms with Crippen LogP contribution in [0.25, 0.3) is 11.3 Å². The third-order valence-electron chi connectivity index (χ3n) is 3.91. The molecule has 0 spiro atoms. The highest BCUT2D eigenvalue weighted by Crippen LogP contribution is 2.34. The van der Waals surface area contributed by atoms with Crippen molar-refractivity contribution < 1.29 is 0 Å². The van der Waals surface area contributed by atoms with Crippen molar-refractivity contribution in [3.8, 4) is 11.3 Å². The Morgan fingerprint density at radius 2 is 1.70 bits per heavy atom. The molecule has 1 aromatic carbocycles. The van der Waals surface area contributed by atoms with Crippen LogP contribution in [0, 0.1) is 3.57 Å². The minimum Gasteiger partial charge on any atom is -0.383 e. The largest absolute Gasteiger partial charge is 0.383 e. The zero-order valence-corrected chi connectivity index (χ0v) is 13.5. The quantitative estimate of drug-likeness (QED) is 0.788. The Labute approximate surface area is 133 Å². The minimum absolute atomic E-state index is 0.477. The Morgan fingerprint density at radius 1 is 1.00 bits per heavy atom. The molecule has 0 unspecified atom stereocenters. The van der Waals surface area contributed by atoms with Crippen molar-refractivity contribution in [1.82, 2.24) is 9.97 Å². The fraction of sp³-hybridized carbons (Fsp3) is 0.375. The summed E-state index contributed by atoms with van der Waals surface area (Å²) in [6, 6.07) is 10.2. The number of anilines is 1. The second-order valence-corrected chi connectivity index (χ2v) is 6.41. The molecule has 1 fully saturated rings. The molecule has 1 saturated carbocycles. The number of nitrogens with zero attached hydrogens (tertiary/aromatic N) is 2. The van der Waals surface area contributed by atoms with Gasteiger partial charge in [-0.05, 0) is 35.4 Å². The maximum Gasteiger partial charge on any atom is 0.141 e. The summed E-state index contributed by atoms with van der Waals surface area (Å²) in [4.78, 5) is 9.37. The molecule has 1 aliphatic rings. The SMILES string of the molecule is Nc1nc(C2CCCCC2)nc(-c2ccccc2)c1I. The first-order valence-electron chi connectivity index (χ1n) is 7.14. The molecule has 0 radical (unpaired) electrons. The number of aromatic nitrogens is 2. The van der Waals surface area contributed by atoms with Gasteiger partial charge in [0.25, 0.3) is 0 Å². The van der Waals surface area contributed by atoms with Crippen molar-refractivity contribution in [1.29, 1.82) is 0 Å². The topological polar surface area (TPSA) is 51.8 Å². The first-order valence-corrected chi connectivity index (χ1v) is 8.22. The highest BCUT2D eigenvalue weighted by molar-refractivity contribution is 14.1. The zero-order valence-electron chi connectivity index (χ0n) is 11.3. The Balaban J connectivity index is 2.03. The number of hydrogen-bond donors (Lipinski definition) is 1. The van der Waals surface area contributed by atoms with E-state index in [1.165, 1.54) is 32.1 Å². The van der Waals surface area contributed by atoms with Crippen molar-refractivity contribution in [3.05, 3.63) is 39.7 Å². The maximum atomic E-state index is 6.11. The molecule has 2 aromatic rings. The minimum atomic E-state index is 0.477. The Kier molecular flexibility index (Phi) is 4.19. The summed E-state index contributed by atoms with van der Waals surface area (Å²) in [5.41, 5.74) is 8.19. The lowest BCUT2D eigenvalue weighted by Crippen LogP contribution is -2.12. The summed E-state index contributed by atoms with van der Waals surface area (Å²) in [5.74, 6) is 2.02. The molecule has 4 heteroatoms. The summed E-state index contributed by atoms with van der Waals surface area (Å²) in [7, 11) is 0. The number of nitrogen functional groups attached to an aromatic ring is 1. The van der Waals surface area contributed by atoms with Crippen LogP contribution >= 0.6 is 22.6 Å². The van der Waals surface area contributed by atoms with Gasteiger partial charge >= 0.3 is 0 Å². The second-order valence-electron chi connectivity index (χ2n) is 5.33. The number of benzene rings is 1. The van der Waals surface area contributed by atoms with Crippen LogP contribution < -0.4 is 5.73 Å². The predicted molar refractivity (Wildman–Crippen MR) is 90.4 cm³/mol. The summed E-state index contributed by atoms with van der Waals surface area (Å²) in [6.45, 7) is 0. The Morgan fingerprint density at radius 3 is 2.40 bits per heavy atom. The van der Waals surface area contributed by atoms with Gasteiger partial charge in [0.15, 0.2) is 0 Å². The van der Waals surface area contributed by atoms with E-state index in [1.54, 1.807) is 0 Å². The molecular formula is C16H18IN3. The molecule has 3 rings (SSSR count). The van der Waals surface area contributed by atoms with Crippen molar-refractivity contribution >= 4 is 28.4 Å². The van der Waals surface area contributed by atoms with Crippen LogP contribution in [0.3, 0.4) is 0 Å². The first-order chi connectivity index (χ1) is 9.75. The molecule has 1 heterocycles. The number of nitrogens with two attached hydrogens (primary N) is 1. The third-order valence-corrected chi connectivity index (χ3v) is 4.98. The Hall–Kier alpha value is -1.17. The van der Waals surface area contributed by atoms with E-state index in [9.17, 15) is 0 Å². The molecule has 1 aliphatic carbocycles. The standard InChI is InChI=1S/C16H18IN3/c17-13-14(11-7-3-1-4-8-11)19-16(20-15(13)18)12-9-5-2-6-10-12/h1,3-4,7-8,12H,2,5-6,9-10H2,(H2,18,19,20). The molecule has 3 nitrogen and oxygen atoms in total. The molecule has 0 atom stereocenters. The molecule has 1 aromatic heterocycles. The highest BCUT2D eigenvalue weighted by Gasteiger charge is 2.21. The van der Waals surface area contributed by atoms with E-state index in [0.717, 1.165) is 20.7 Å². The molecule has 0 aliphatic heterocycles. The molecular weight excluding hydrogens is 361 g/mol. The number of hydrogen-bond acceptors (Lipinski definition) is 3. The maximum absolute atomic E-state index is 6.11. The Bertz CT molecular complexity index is 592. The van der Waals surface area contributed by atoms with E-state index in [-0.39, 0.29) is 0 Å². The van der Waals surface area contributed by atoms with Gasteiger partial charge in [-0.25, -0.2) is 9.97 Å². The average Bonchev–Trinajstić information content (AvgIpc) is 2.51. The monoisotopic (exact) mass is 379 g/mol. The molecule has 2 N–H and O–H groups in total. The van der Waals surface area contributed by atoms with E-state index in [0.29, 0.717) is 11.7 Å². The highest BCUT2D eigenvalue weighted by atomic mass is 127. The van der Waals surface area contributed by atoms with Gasteiger partial charge in [-0.15, -0.1) is 0 Å². The molecule has 20 heavy (non-hydrogen) atoms. The van der Waals surface area contributed by atoms with Crippen molar-refractivity contribution in [3.63, 3.8) is 0 Å². The third kappa shape index (κ3) is 2.80. The van der Waals surface area contributed by atoms with Crippen molar-refractivity contribution in [2.45, 2.75) is 38.0 Å². The fourth-order valence-corrected chi connectivity index (χ4v) is 3.37. The second kappa shape index (κ2) is 6.08. The van der Waals surface area contributed by atoms with Crippen molar-refractivity contribution in [2.75, 3.05) is 5.73 Å². The van der Waals surface area contributed by atoms with Crippen LogP contribution in [-0.4, -0.2) is 9.97 Å². The molecule has 0 saturated heterocycles. The van der Waals surface area contributed by atoms with E-state index >= 15 is 0 Å². The number of rotatable bonds is 2. The van der Waals surface area contributed by atoms with Crippen LogP contribution in [0.4, 0.5) is 5.82 Å². The molecule has 104 valence electrons. The lowest BCUT2D eigenvalue weighted by molar-refractivity contribution is 0.429. The molecule has 0 amide bonds. The first kappa shape index (κ1) is 13.8. The van der Waals surface area contributed by atoms with Gasteiger partial charge in [0.1, 0.15) is 11.6 Å². The van der Waals surface area contributed by atoms with Crippen LogP contribution in [0.2, 0.25) is 0 Å². The van der Waals surface area contributed by atoms with Gasteiger partial charge in [-0.2, -0.15) is 0 Å². The van der Waals surface area contributed by atoms with E-state index in [4.69, 9.17) is 10.7 Å². The van der Waals surface area contributed by atoms with Crippen LogP contribution in [0.5, 0.6) is 0 Å². The summed E-state index contributed by atoms with van der Waals surface area (Å²) < 4.78 is 0.952. The fourth-order valence-electron chi connectivity index (χ4n) is 2.81. The number of halogens is 1. The van der Waals surface area contributed by atoms with E-state index in [2.05, 4.69) is 39.7 Å². The van der Waals surface area contributed by atoms with Crippen LogP contribution in [0.15, 0.2) is 30.3 Å². The van der Waals surface area contributed by atoms with Gasteiger partial charge < -0.3 is 5.73 Å². The van der Waals surface area contributed by atoms with Crippen LogP contribution in [-0.2, 0) is 0 Å². The van der Waals surface area contributed by atoms with Crippen LogP contribution in [0.1, 0.15) is 43.8 Å². The van der Waals surface area contributed by atoms with Crippen molar-refractivity contribution in [2.24, 2.45) is 0 Å². The van der Waals surface area contributed by atoms with Gasteiger partial charge in [0.2, 0.25) is 0 Å². The zero-order chi connectivity index (χ0) is 13.9. The normalized spacial score (nSPS) is 16.2. The van der Waals surface area contributed by atoms with Gasteiger partial charge in [0.05, 0.1) is 9.26 Å².